The first-order chi connectivity index (χ1) is 13.6. The Balaban J connectivity index is 1.80. The predicted molar refractivity (Wildman–Crippen MR) is 105 cm³/mol. The van der Waals surface area contributed by atoms with E-state index < -0.39 is 31.7 Å². The molecule has 0 heterocycles. The summed E-state index contributed by atoms with van der Waals surface area (Å²) in [5.74, 6) is 1.13. The van der Waals surface area contributed by atoms with Crippen LogP contribution < -0.4 is 9.46 Å². The summed E-state index contributed by atoms with van der Waals surface area (Å²) in [6.45, 7) is 1.89. The molecule has 0 fully saturated rings. The summed E-state index contributed by atoms with van der Waals surface area (Å²) in [4.78, 5) is -0.547. The largest absolute Gasteiger partial charge is 0.457 e. The van der Waals surface area contributed by atoms with E-state index in [4.69, 9.17) is 16.3 Å². The molecule has 0 amide bonds. The lowest BCUT2D eigenvalue weighted by molar-refractivity contribution is -0.137. The topological polar surface area (TPSA) is 55.4 Å². The maximum absolute atomic E-state index is 13.0. The van der Waals surface area contributed by atoms with Crippen molar-refractivity contribution in [2.45, 2.75) is 18.0 Å². The maximum Gasteiger partial charge on any atom is 0.417 e. The molecule has 0 aliphatic heterocycles. The number of aryl methyl sites for hydroxylation is 1. The average Bonchev–Trinajstić information content (AvgIpc) is 2.64. The van der Waals surface area contributed by atoms with Gasteiger partial charge in [0.1, 0.15) is 11.5 Å². The number of para-hydroxylation sites is 1. The molecule has 0 atom stereocenters. The zero-order valence-corrected chi connectivity index (χ0v) is 16.6. The van der Waals surface area contributed by atoms with Crippen LogP contribution in [0.15, 0.2) is 71.6 Å². The number of nitrogens with one attached hydrogen (secondary N) is 1. The van der Waals surface area contributed by atoms with Crippen molar-refractivity contribution in [1.82, 2.24) is 0 Å². The summed E-state index contributed by atoms with van der Waals surface area (Å²) < 4.78 is 71.8. The van der Waals surface area contributed by atoms with Crippen molar-refractivity contribution in [3.05, 3.63) is 82.9 Å². The minimum Gasteiger partial charge on any atom is -0.457 e. The molecule has 29 heavy (non-hydrogen) atoms. The highest BCUT2D eigenvalue weighted by Crippen LogP contribution is 2.36. The van der Waals surface area contributed by atoms with Gasteiger partial charge in [0.25, 0.3) is 10.0 Å². The Morgan fingerprint density at radius 3 is 2.24 bits per heavy atom. The van der Waals surface area contributed by atoms with Crippen LogP contribution in [-0.2, 0) is 16.2 Å². The lowest BCUT2D eigenvalue weighted by atomic mass is 10.2. The van der Waals surface area contributed by atoms with Crippen LogP contribution in [0.25, 0.3) is 0 Å². The molecule has 0 bridgehead atoms. The quantitative estimate of drug-likeness (QED) is 0.508. The van der Waals surface area contributed by atoms with E-state index >= 15 is 0 Å². The van der Waals surface area contributed by atoms with Gasteiger partial charge in [-0.15, -0.1) is 0 Å². The number of alkyl halides is 3. The van der Waals surface area contributed by atoms with Crippen molar-refractivity contribution < 1.29 is 26.3 Å². The molecule has 4 nitrogen and oxygen atoms in total. The van der Waals surface area contributed by atoms with Gasteiger partial charge in [0.05, 0.1) is 15.5 Å². The number of halogens is 4. The van der Waals surface area contributed by atoms with Crippen LogP contribution >= 0.6 is 11.6 Å². The SMILES string of the molecule is Cc1ccccc1Oc1ccc(NS(=O)(=O)c2ccc(Cl)c(C(F)(F)F)c2)cc1. The second-order valence-corrected chi connectivity index (χ2v) is 8.23. The van der Waals surface area contributed by atoms with Crippen LogP contribution in [0.3, 0.4) is 0 Å². The highest BCUT2D eigenvalue weighted by Gasteiger charge is 2.34. The molecular weight excluding hydrogens is 427 g/mol. The van der Waals surface area contributed by atoms with E-state index in [1.165, 1.54) is 12.1 Å². The summed E-state index contributed by atoms with van der Waals surface area (Å²) >= 11 is 5.54. The molecule has 0 unspecified atom stereocenters. The van der Waals surface area contributed by atoms with E-state index in [-0.39, 0.29) is 5.69 Å². The summed E-state index contributed by atoms with van der Waals surface area (Å²) in [5, 5.41) is -0.575. The predicted octanol–water partition coefficient (Wildman–Crippen LogP) is 6.26. The van der Waals surface area contributed by atoms with Gasteiger partial charge < -0.3 is 4.74 Å². The van der Waals surface area contributed by atoms with Gasteiger partial charge in [0, 0.05) is 5.69 Å². The molecule has 0 saturated carbocycles. The lowest BCUT2D eigenvalue weighted by Crippen LogP contribution is -2.15. The van der Waals surface area contributed by atoms with Crippen LogP contribution in [0.1, 0.15) is 11.1 Å². The second kappa shape index (κ2) is 7.96. The second-order valence-electron chi connectivity index (χ2n) is 6.14. The number of anilines is 1. The smallest absolute Gasteiger partial charge is 0.417 e. The van der Waals surface area contributed by atoms with Crippen LogP contribution in [0.4, 0.5) is 18.9 Å². The fourth-order valence-electron chi connectivity index (χ4n) is 2.49. The van der Waals surface area contributed by atoms with Gasteiger partial charge in [-0.3, -0.25) is 4.72 Å². The molecule has 1 N–H and O–H groups in total. The van der Waals surface area contributed by atoms with Crippen LogP contribution in [0.2, 0.25) is 5.02 Å². The molecule has 0 saturated heterocycles. The average molecular weight is 442 g/mol. The number of ether oxygens (including phenoxy) is 1. The number of hydrogen-bond acceptors (Lipinski definition) is 3. The zero-order valence-electron chi connectivity index (χ0n) is 15.0. The third kappa shape index (κ3) is 5.02. The molecular formula is C20H15ClF3NO3S. The Morgan fingerprint density at radius 1 is 0.966 bits per heavy atom. The number of sulfonamides is 1. The van der Waals surface area contributed by atoms with Crippen molar-refractivity contribution in [3.63, 3.8) is 0 Å². The molecule has 0 aliphatic rings. The Labute approximate surface area is 170 Å². The molecule has 152 valence electrons. The van der Waals surface area contributed by atoms with Crippen molar-refractivity contribution >= 4 is 27.3 Å². The van der Waals surface area contributed by atoms with Crippen molar-refractivity contribution in [3.8, 4) is 11.5 Å². The lowest BCUT2D eigenvalue weighted by Gasteiger charge is -2.13. The van der Waals surface area contributed by atoms with Gasteiger partial charge >= 0.3 is 6.18 Å². The minimum absolute atomic E-state index is 0.172. The molecule has 0 radical (unpaired) electrons. The van der Waals surface area contributed by atoms with E-state index in [1.807, 2.05) is 25.1 Å². The fraction of sp³-hybridized carbons (Fsp3) is 0.100. The van der Waals surface area contributed by atoms with Crippen LogP contribution in [0.5, 0.6) is 11.5 Å². The minimum atomic E-state index is -4.77. The van der Waals surface area contributed by atoms with Crippen molar-refractivity contribution in [2.75, 3.05) is 4.72 Å². The fourth-order valence-corrected chi connectivity index (χ4v) is 3.80. The zero-order chi connectivity index (χ0) is 21.2. The van der Waals surface area contributed by atoms with E-state index in [0.29, 0.717) is 17.6 Å². The molecule has 9 heteroatoms. The van der Waals surface area contributed by atoms with Gasteiger partial charge in [-0.05, 0) is 61.0 Å². The summed E-state index contributed by atoms with van der Waals surface area (Å²) in [5.41, 5.74) is -0.116. The van der Waals surface area contributed by atoms with Gasteiger partial charge in [-0.1, -0.05) is 29.8 Å². The molecule has 0 aliphatic carbocycles. The van der Waals surface area contributed by atoms with Crippen molar-refractivity contribution in [1.29, 1.82) is 0 Å². The van der Waals surface area contributed by atoms with E-state index in [1.54, 1.807) is 18.2 Å². The molecule has 3 aromatic carbocycles. The summed E-state index contributed by atoms with van der Waals surface area (Å²) in [7, 11) is -4.24. The molecule has 3 rings (SSSR count). The van der Waals surface area contributed by atoms with Gasteiger partial charge in [-0.2, -0.15) is 13.2 Å². The highest BCUT2D eigenvalue weighted by molar-refractivity contribution is 7.92. The summed E-state index contributed by atoms with van der Waals surface area (Å²) in [6.07, 6.45) is -4.77. The molecule has 0 spiro atoms. The van der Waals surface area contributed by atoms with Crippen LogP contribution in [0, 0.1) is 6.92 Å². The first-order valence-electron chi connectivity index (χ1n) is 8.29. The monoisotopic (exact) mass is 441 g/mol. The number of benzene rings is 3. The standard InChI is InChI=1S/C20H15ClF3NO3S/c1-13-4-2-3-5-19(13)28-15-8-6-14(7-9-15)25-29(26,27)16-10-11-18(21)17(12-16)20(22,23)24/h2-12,25H,1H3. The van der Waals surface area contributed by atoms with Gasteiger partial charge in [-0.25, -0.2) is 8.42 Å². The Hall–Kier alpha value is -2.71. The van der Waals surface area contributed by atoms with Gasteiger partial charge in [0.2, 0.25) is 0 Å². The van der Waals surface area contributed by atoms with Gasteiger partial charge in [0.15, 0.2) is 0 Å². The van der Waals surface area contributed by atoms with E-state index in [9.17, 15) is 21.6 Å². The molecule has 0 aromatic heterocycles. The maximum atomic E-state index is 13.0. The van der Waals surface area contributed by atoms with E-state index in [0.717, 1.165) is 17.7 Å². The molecule has 3 aromatic rings. The highest BCUT2D eigenvalue weighted by atomic mass is 35.5. The Bertz CT molecular complexity index is 1130. The Kier molecular flexibility index (Phi) is 5.77. The number of hydrogen-bond donors (Lipinski definition) is 1. The third-order valence-electron chi connectivity index (χ3n) is 3.98. The van der Waals surface area contributed by atoms with Crippen molar-refractivity contribution in [2.24, 2.45) is 0 Å². The number of rotatable bonds is 5. The Morgan fingerprint density at radius 2 is 1.62 bits per heavy atom. The first-order valence-corrected chi connectivity index (χ1v) is 10.2. The summed E-state index contributed by atoms with van der Waals surface area (Å²) in [6, 6.07) is 15.8. The third-order valence-corrected chi connectivity index (χ3v) is 5.69. The normalized spacial score (nSPS) is 11.9. The van der Waals surface area contributed by atoms with E-state index in [2.05, 4.69) is 4.72 Å². The first kappa shape index (κ1) is 21.0. The van der Waals surface area contributed by atoms with Crippen LogP contribution in [-0.4, -0.2) is 8.42 Å².